The van der Waals surface area contributed by atoms with E-state index in [9.17, 15) is 18.0 Å². The zero-order chi connectivity index (χ0) is 22.6. The minimum atomic E-state index is -4.38. The quantitative estimate of drug-likeness (QED) is 0.503. The molecular formula is C22H21ClF3N3OS. The molecule has 0 aliphatic heterocycles. The second-order valence-electron chi connectivity index (χ2n) is 7.20. The number of nitrogens with zero attached hydrogens (tertiary/aromatic N) is 2. The van der Waals surface area contributed by atoms with Crippen molar-refractivity contribution in [2.24, 2.45) is 0 Å². The largest absolute Gasteiger partial charge is 0.416 e. The lowest BCUT2D eigenvalue weighted by atomic mass is 10.1. The Morgan fingerprint density at radius 2 is 1.84 bits per heavy atom. The minimum Gasteiger partial charge on any atom is -0.354 e. The molecule has 0 saturated carbocycles. The predicted molar refractivity (Wildman–Crippen MR) is 117 cm³/mol. The molecule has 1 amide bonds. The first-order valence-electron chi connectivity index (χ1n) is 9.44. The van der Waals surface area contributed by atoms with Gasteiger partial charge in [-0.3, -0.25) is 4.79 Å². The normalized spacial score (nSPS) is 12.7. The van der Waals surface area contributed by atoms with Crippen molar-refractivity contribution in [3.8, 4) is 10.6 Å². The van der Waals surface area contributed by atoms with Crippen LogP contribution in [-0.2, 0) is 17.4 Å². The molecular weight excluding hydrogens is 447 g/mol. The van der Waals surface area contributed by atoms with Gasteiger partial charge in [-0.2, -0.15) is 13.2 Å². The molecule has 0 saturated heterocycles. The van der Waals surface area contributed by atoms with Crippen LogP contribution in [-0.4, -0.2) is 36.4 Å². The highest BCUT2D eigenvalue weighted by atomic mass is 35.5. The molecule has 0 bridgehead atoms. The number of hydrogen-bond acceptors (Lipinski definition) is 4. The number of carbonyl (C=O) groups excluding carboxylic acids is 1. The Labute approximate surface area is 187 Å². The maximum absolute atomic E-state index is 12.7. The number of amides is 1. The number of thiazole rings is 1. The van der Waals surface area contributed by atoms with Gasteiger partial charge in [0.05, 0.1) is 23.7 Å². The Hall–Kier alpha value is -2.42. The summed E-state index contributed by atoms with van der Waals surface area (Å²) in [5.74, 6) is -0.192. The molecule has 2 aromatic carbocycles. The van der Waals surface area contributed by atoms with Crippen molar-refractivity contribution in [1.29, 1.82) is 0 Å². The number of alkyl halides is 3. The van der Waals surface area contributed by atoms with Gasteiger partial charge in [-0.25, -0.2) is 4.98 Å². The van der Waals surface area contributed by atoms with Gasteiger partial charge in [0, 0.05) is 22.5 Å². The molecule has 9 heteroatoms. The topological polar surface area (TPSA) is 45.2 Å². The van der Waals surface area contributed by atoms with Gasteiger partial charge in [0.15, 0.2) is 0 Å². The molecule has 0 aliphatic carbocycles. The van der Waals surface area contributed by atoms with E-state index in [1.807, 2.05) is 43.3 Å². The number of benzene rings is 2. The Bertz CT molecular complexity index is 1030. The van der Waals surface area contributed by atoms with E-state index in [4.69, 9.17) is 11.6 Å². The average Bonchev–Trinajstić information content (AvgIpc) is 3.17. The highest BCUT2D eigenvalue weighted by Gasteiger charge is 2.30. The van der Waals surface area contributed by atoms with E-state index in [0.717, 1.165) is 17.7 Å². The molecule has 3 aromatic rings. The fraction of sp³-hybridized carbons (Fsp3) is 0.273. The van der Waals surface area contributed by atoms with Crippen LogP contribution in [0.15, 0.2) is 53.9 Å². The third-order valence-electron chi connectivity index (χ3n) is 4.73. The first kappa shape index (κ1) is 23.2. The van der Waals surface area contributed by atoms with E-state index in [1.165, 1.54) is 23.5 Å². The molecule has 164 valence electrons. The number of carbonyl (C=O) groups is 1. The van der Waals surface area contributed by atoms with Gasteiger partial charge in [0.1, 0.15) is 5.01 Å². The number of likely N-dealkylation sites (N-methyl/N-ethyl adjacent to an activating group) is 1. The summed E-state index contributed by atoms with van der Waals surface area (Å²) >= 11 is 7.58. The van der Waals surface area contributed by atoms with E-state index in [1.54, 1.807) is 5.38 Å². The summed E-state index contributed by atoms with van der Waals surface area (Å²) in [4.78, 5) is 18.8. The zero-order valence-corrected chi connectivity index (χ0v) is 18.5. The van der Waals surface area contributed by atoms with E-state index < -0.39 is 11.7 Å². The number of rotatable bonds is 7. The van der Waals surface area contributed by atoms with Gasteiger partial charge in [0.2, 0.25) is 5.91 Å². The summed E-state index contributed by atoms with van der Waals surface area (Å²) in [6.07, 6.45) is -4.29. The summed E-state index contributed by atoms with van der Waals surface area (Å²) in [6, 6.07) is 12.2. The van der Waals surface area contributed by atoms with Crippen LogP contribution in [0.4, 0.5) is 13.2 Å². The number of aromatic nitrogens is 1. The standard InChI is InChI=1S/C22H21ClF3N3OS/c1-29(2)19(17-5-3-4-6-18(17)23)12-27-20(30)11-16-13-31-21(28-16)14-7-9-15(10-8-14)22(24,25)26/h3-10,13,19H,11-12H2,1-2H3,(H,27,30). The Kier molecular flexibility index (Phi) is 7.35. The van der Waals surface area contributed by atoms with Gasteiger partial charge >= 0.3 is 6.18 Å². The number of halogens is 4. The molecule has 0 fully saturated rings. The van der Waals surface area contributed by atoms with Crippen LogP contribution < -0.4 is 5.32 Å². The van der Waals surface area contributed by atoms with Crippen LogP contribution in [0.3, 0.4) is 0 Å². The molecule has 3 rings (SSSR count). The van der Waals surface area contributed by atoms with Crippen LogP contribution in [0, 0.1) is 0 Å². The lowest BCUT2D eigenvalue weighted by Gasteiger charge is -2.26. The molecule has 31 heavy (non-hydrogen) atoms. The van der Waals surface area contributed by atoms with Crippen LogP contribution in [0.1, 0.15) is 22.9 Å². The van der Waals surface area contributed by atoms with Crippen molar-refractivity contribution < 1.29 is 18.0 Å². The summed E-state index contributed by atoms with van der Waals surface area (Å²) in [6.45, 7) is 0.380. The zero-order valence-electron chi connectivity index (χ0n) is 16.9. The lowest BCUT2D eigenvalue weighted by Crippen LogP contribution is -2.35. The van der Waals surface area contributed by atoms with Crippen LogP contribution >= 0.6 is 22.9 Å². The summed E-state index contributed by atoms with van der Waals surface area (Å²) < 4.78 is 38.1. The van der Waals surface area contributed by atoms with E-state index in [-0.39, 0.29) is 18.4 Å². The van der Waals surface area contributed by atoms with Gasteiger partial charge in [-0.05, 0) is 37.9 Å². The van der Waals surface area contributed by atoms with Gasteiger partial charge < -0.3 is 10.2 Å². The Balaban J connectivity index is 1.61. The highest BCUT2D eigenvalue weighted by molar-refractivity contribution is 7.13. The smallest absolute Gasteiger partial charge is 0.354 e. The molecule has 0 aliphatic rings. The molecule has 1 heterocycles. The van der Waals surface area contributed by atoms with Crippen LogP contribution in [0.2, 0.25) is 5.02 Å². The van der Waals surface area contributed by atoms with E-state index in [2.05, 4.69) is 10.3 Å². The van der Waals surface area contributed by atoms with Crippen molar-refractivity contribution in [1.82, 2.24) is 15.2 Å². The minimum absolute atomic E-state index is 0.0831. The van der Waals surface area contributed by atoms with Gasteiger partial charge in [-0.1, -0.05) is 41.9 Å². The molecule has 0 spiro atoms. The summed E-state index contributed by atoms with van der Waals surface area (Å²) in [5, 5.41) is 5.86. The van der Waals surface area contributed by atoms with Crippen molar-refractivity contribution in [2.45, 2.75) is 18.6 Å². The summed E-state index contributed by atoms with van der Waals surface area (Å²) in [7, 11) is 3.83. The van der Waals surface area contributed by atoms with Crippen molar-refractivity contribution in [3.05, 3.63) is 75.8 Å². The third-order valence-corrected chi connectivity index (χ3v) is 6.02. The molecule has 1 aromatic heterocycles. The van der Waals surface area contributed by atoms with E-state index in [0.29, 0.717) is 27.8 Å². The van der Waals surface area contributed by atoms with Gasteiger partial charge in [-0.15, -0.1) is 11.3 Å². The second-order valence-corrected chi connectivity index (χ2v) is 8.47. The maximum atomic E-state index is 12.7. The van der Waals surface area contributed by atoms with Crippen molar-refractivity contribution in [2.75, 3.05) is 20.6 Å². The van der Waals surface area contributed by atoms with E-state index >= 15 is 0 Å². The van der Waals surface area contributed by atoms with Crippen LogP contribution in [0.5, 0.6) is 0 Å². The molecule has 1 N–H and O–H groups in total. The van der Waals surface area contributed by atoms with Crippen LogP contribution in [0.25, 0.3) is 10.6 Å². The predicted octanol–water partition coefficient (Wildman–Crippen LogP) is 5.44. The van der Waals surface area contributed by atoms with Crippen molar-refractivity contribution >= 4 is 28.8 Å². The fourth-order valence-corrected chi connectivity index (χ4v) is 4.16. The average molecular weight is 468 g/mol. The first-order valence-corrected chi connectivity index (χ1v) is 10.7. The van der Waals surface area contributed by atoms with Crippen molar-refractivity contribution in [3.63, 3.8) is 0 Å². The monoisotopic (exact) mass is 467 g/mol. The molecule has 4 nitrogen and oxygen atoms in total. The first-order chi connectivity index (χ1) is 14.6. The molecule has 1 unspecified atom stereocenters. The third kappa shape index (κ3) is 6.06. The Morgan fingerprint density at radius 3 is 2.45 bits per heavy atom. The molecule has 1 atom stereocenters. The number of hydrogen-bond donors (Lipinski definition) is 1. The Morgan fingerprint density at radius 1 is 1.16 bits per heavy atom. The summed E-state index contributed by atoms with van der Waals surface area (Å²) in [5.41, 5.74) is 1.36. The number of nitrogens with one attached hydrogen (secondary N) is 1. The SMILES string of the molecule is CN(C)C(CNC(=O)Cc1csc(-c2ccc(C(F)(F)F)cc2)n1)c1ccccc1Cl. The fourth-order valence-electron chi connectivity index (χ4n) is 3.08. The maximum Gasteiger partial charge on any atom is 0.416 e. The van der Waals surface area contributed by atoms with Gasteiger partial charge in [0.25, 0.3) is 0 Å². The lowest BCUT2D eigenvalue weighted by molar-refractivity contribution is -0.137. The second kappa shape index (κ2) is 9.80. The molecule has 0 radical (unpaired) electrons. The highest BCUT2D eigenvalue weighted by Crippen LogP contribution is 2.32.